The highest BCUT2D eigenvalue weighted by atomic mass is 19.1. The molecule has 0 bridgehead atoms. The summed E-state index contributed by atoms with van der Waals surface area (Å²) < 4.78 is 38.5. The number of hydrogen-bond acceptors (Lipinski definition) is 4. The molecular formula is C22H22F2O4. The highest BCUT2D eigenvalue weighted by Gasteiger charge is 2.50. The third-order valence-corrected chi connectivity index (χ3v) is 5.17. The zero-order chi connectivity index (χ0) is 20.3. The van der Waals surface area contributed by atoms with Crippen LogP contribution < -0.4 is 0 Å². The summed E-state index contributed by atoms with van der Waals surface area (Å²) in [4.78, 5) is 25.6. The zero-order valence-electron chi connectivity index (χ0n) is 15.8. The number of fused-ring (bicyclic) bond motifs is 1. The SMILES string of the molecule is CCOC(=O)[C@H]1CC[C@](C(=O)OCC)(c2cccc(F)c2)c2ccc(F)cc21. The highest BCUT2D eigenvalue weighted by Crippen LogP contribution is 2.48. The molecule has 1 aliphatic rings. The van der Waals surface area contributed by atoms with Crippen LogP contribution in [0.2, 0.25) is 0 Å². The van der Waals surface area contributed by atoms with E-state index in [0.29, 0.717) is 16.7 Å². The number of esters is 2. The van der Waals surface area contributed by atoms with E-state index in [0.717, 1.165) is 0 Å². The molecule has 6 heteroatoms. The summed E-state index contributed by atoms with van der Waals surface area (Å²) in [5.41, 5.74) is -0.0742. The lowest BCUT2D eigenvalue weighted by atomic mass is 9.63. The second kappa shape index (κ2) is 8.09. The summed E-state index contributed by atoms with van der Waals surface area (Å²) >= 11 is 0. The van der Waals surface area contributed by atoms with Crippen LogP contribution in [0.1, 0.15) is 49.3 Å². The zero-order valence-corrected chi connectivity index (χ0v) is 15.8. The van der Waals surface area contributed by atoms with Crippen LogP contribution in [0.4, 0.5) is 8.78 Å². The molecule has 0 aliphatic heterocycles. The van der Waals surface area contributed by atoms with E-state index in [1.54, 1.807) is 19.9 Å². The van der Waals surface area contributed by atoms with Crippen molar-refractivity contribution in [2.45, 2.75) is 38.0 Å². The number of carbonyl (C=O) groups is 2. The first-order chi connectivity index (χ1) is 13.4. The normalized spacial score (nSPS) is 20.9. The van der Waals surface area contributed by atoms with Crippen molar-refractivity contribution in [3.63, 3.8) is 0 Å². The molecule has 0 spiro atoms. The molecule has 2 atom stereocenters. The minimum Gasteiger partial charge on any atom is -0.466 e. The maximum Gasteiger partial charge on any atom is 0.321 e. The Morgan fingerprint density at radius 1 is 1.04 bits per heavy atom. The third-order valence-electron chi connectivity index (χ3n) is 5.17. The summed E-state index contributed by atoms with van der Waals surface area (Å²) in [5.74, 6) is -2.71. The molecular weight excluding hydrogens is 366 g/mol. The molecule has 3 rings (SSSR count). The number of halogens is 2. The number of carbonyl (C=O) groups excluding carboxylic acids is 2. The molecule has 2 aromatic carbocycles. The van der Waals surface area contributed by atoms with Gasteiger partial charge in [0.1, 0.15) is 17.0 Å². The molecule has 2 aromatic rings. The molecule has 0 unspecified atom stereocenters. The molecule has 28 heavy (non-hydrogen) atoms. The maximum atomic E-state index is 14.1. The van der Waals surface area contributed by atoms with E-state index in [9.17, 15) is 18.4 Å². The Balaban J connectivity index is 2.24. The molecule has 0 radical (unpaired) electrons. The van der Waals surface area contributed by atoms with Crippen LogP contribution in [0.15, 0.2) is 42.5 Å². The number of ether oxygens (including phenoxy) is 2. The van der Waals surface area contributed by atoms with E-state index in [-0.39, 0.29) is 26.1 Å². The van der Waals surface area contributed by atoms with E-state index in [4.69, 9.17) is 9.47 Å². The van der Waals surface area contributed by atoms with Gasteiger partial charge in [0.25, 0.3) is 0 Å². The Kier molecular flexibility index (Phi) is 5.77. The molecule has 0 saturated carbocycles. The van der Waals surface area contributed by atoms with Crippen molar-refractivity contribution in [2.24, 2.45) is 0 Å². The summed E-state index contributed by atoms with van der Waals surface area (Å²) in [7, 11) is 0. The van der Waals surface area contributed by atoms with Crippen LogP contribution in [-0.2, 0) is 24.5 Å². The van der Waals surface area contributed by atoms with E-state index < -0.39 is 34.9 Å². The first-order valence-corrected chi connectivity index (χ1v) is 9.33. The molecule has 4 nitrogen and oxygen atoms in total. The van der Waals surface area contributed by atoms with Gasteiger partial charge in [-0.25, -0.2) is 8.78 Å². The Bertz CT molecular complexity index is 896. The van der Waals surface area contributed by atoms with Crippen molar-refractivity contribution in [3.8, 4) is 0 Å². The van der Waals surface area contributed by atoms with Gasteiger partial charge in [-0.2, -0.15) is 0 Å². The molecule has 0 fully saturated rings. The van der Waals surface area contributed by atoms with Gasteiger partial charge in [-0.1, -0.05) is 18.2 Å². The highest BCUT2D eigenvalue weighted by molar-refractivity contribution is 5.91. The fourth-order valence-electron chi connectivity index (χ4n) is 3.99. The average molecular weight is 388 g/mol. The minimum absolute atomic E-state index is 0.147. The Morgan fingerprint density at radius 2 is 1.75 bits per heavy atom. The van der Waals surface area contributed by atoms with Gasteiger partial charge >= 0.3 is 11.9 Å². The van der Waals surface area contributed by atoms with E-state index in [1.807, 2.05) is 0 Å². The predicted octanol–water partition coefficient (Wildman–Crippen LogP) is 4.25. The van der Waals surface area contributed by atoms with Gasteiger partial charge in [0.2, 0.25) is 0 Å². The fourth-order valence-corrected chi connectivity index (χ4v) is 3.99. The van der Waals surface area contributed by atoms with E-state index in [2.05, 4.69) is 0 Å². The molecule has 148 valence electrons. The van der Waals surface area contributed by atoms with Gasteiger partial charge in [0.05, 0.1) is 19.1 Å². The molecule has 0 heterocycles. The average Bonchev–Trinajstić information content (AvgIpc) is 2.67. The molecule has 0 saturated heterocycles. The lowest BCUT2D eigenvalue weighted by molar-refractivity contribution is -0.151. The van der Waals surface area contributed by atoms with Crippen LogP contribution in [0.3, 0.4) is 0 Å². The van der Waals surface area contributed by atoms with Gasteiger partial charge in [0, 0.05) is 0 Å². The minimum atomic E-state index is -1.32. The van der Waals surface area contributed by atoms with E-state index >= 15 is 0 Å². The Hall–Kier alpha value is -2.76. The van der Waals surface area contributed by atoms with Crippen molar-refractivity contribution in [2.75, 3.05) is 13.2 Å². The van der Waals surface area contributed by atoms with Crippen molar-refractivity contribution >= 4 is 11.9 Å². The van der Waals surface area contributed by atoms with Crippen LogP contribution in [0.5, 0.6) is 0 Å². The Labute approximate surface area is 162 Å². The van der Waals surface area contributed by atoms with Crippen molar-refractivity contribution < 1.29 is 27.8 Å². The first-order valence-electron chi connectivity index (χ1n) is 9.33. The van der Waals surface area contributed by atoms with Crippen LogP contribution in [0.25, 0.3) is 0 Å². The lowest BCUT2D eigenvalue weighted by Crippen LogP contribution is -2.43. The number of hydrogen-bond donors (Lipinski definition) is 0. The second-order valence-electron chi connectivity index (χ2n) is 6.71. The first kappa shape index (κ1) is 20.0. The lowest BCUT2D eigenvalue weighted by Gasteiger charge is -2.39. The summed E-state index contributed by atoms with van der Waals surface area (Å²) in [6.45, 7) is 3.73. The predicted molar refractivity (Wildman–Crippen MR) is 98.8 cm³/mol. The molecule has 1 aliphatic carbocycles. The molecule has 0 N–H and O–H groups in total. The number of rotatable bonds is 5. The fraction of sp³-hybridized carbons (Fsp3) is 0.364. The van der Waals surface area contributed by atoms with Gasteiger partial charge in [-0.3, -0.25) is 9.59 Å². The monoisotopic (exact) mass is 388 g/mol. The van der Waals surface area contributed by atoms with Gasteiger partial charge in [0.15, 0.2) is 0 Å². The largest absolute Gasteiger partial charge is 0.466 e. The quantitative estimate of drug-likeness (QED) is 0.719. The van der Waals surface area contributed by atoms with Gasteiger partial charge in [-0.05, 0) is 67.6 Å². The van der Waals surface area contributed by atoms with Crippen molar-refractivity contribution in [3.05, 3.63) is 70.8 Å². The molecule has 0 aromatic heterocycles. The van der Waals surface area contributed by atoms with Crippen molar-refractivity contribution in [1.29, 1.82) is 0 Å². The number of benzene rings is 2. The Morgan fingerprint density at radius 3 is 2.43 bits per heavy atom. The summed E-state index contributed by atoms with van der Waals surface area (Å²) in [6.07, 6.45) is 0.474. The van der Waals surface area contributed by atoms with Crippen molar-refractivity contribution in [1.82, 2.24) is 0 Å². The maximum absolute atomic E-state index is 14.1. The summed E-state index contributed by atoms with van der Waals surface area (Å²) in [5, 5.41) is 0. The van der Waals surface area contributed by atoms with E-state index in [1.165, 1.54) is 36.4 Å². The third kappa shape index (κ3) is 3.39. The topological polar surface area (TPSA) is 52.6 Å². The smallest absolute Gasteiger partial charge is 0.321 e. The standard InChI is InChI=1S/C22H22F2O4/c1-3-27-20(25)17-10-11-22(21(26)28-4-2,14-6-5-7-15(23)12-14)19-9-8-16(24)13-18(17)19/h5-9,12-13,17H,3-4,10-11H2,1-2H3/t17-,22-/m0/s1. The van der Waals surface area contributed by atoms with Gasteiger partial charge < -0.3 is 9.47 Å². The summed E-state index contributed by atoms with van der Waals surface area (Å²) in [6, 6.07) is 9.72. The van der Waals surface area contributed by atoms with Crippen LogP contribution in [0, 0.1) is 11.6 Å². The second-order valence-corrected chi connectivity index (χ2v) is 6.71. The molecule has 0 amide bonds. The van der Waals surface area contributed by atoms with Crippen LogP contribution in [-0.4, -0.2) is 25.2 Å². The van der Waals surface area contributed by atoms with Gasteiger partial charge in [-0.15, -0.1) is 0 Å². The van der Waals surface area contributed by atoms with Crippen LogP contribution >= 0.6 is 0 Å².